The van der Waals surface area contributed by atoms with Gasteiger partial charge < -0.3 is 10.2 Å². The fourth-order valence-corrected chi connectivity index (χ4v) is 3.86. The molecule has 138 valence electrons. The molecule has 1 aliphatic heterocycles. The van der Waals surface area contributed by atoms with E-state index in [0.29, 0.717) is 10.8 Å². The molecule has 0 spiro atoms. The molecule has 2 rings (SSSR count). The number of amides is 1. The molecule has 8 heteroatoms. The summed E-state index contributed by atoms with van der Waals surface area (Å²) in [4.78, 5) is 36.2. The van der Waals surface area contributed by atoms with Gasteiger partial charge in [-0.25, -0.2) is 4.79 Å². The summed E-state index contributed by atoms with van der Waals surface area (Å²) in [6.45, 7) is 4.17. The van der Waals surface area contributed by atoms with Crippen LogP contribution in [0, 0.1) is 0 Å². The van der Waals surface area contributed by atoms with Gasteiger partial charge in [0.2, 0.25) is 0 Å². The third-order valence-electron chi connectivity index (χ3n) is 3.95. The van der Waals surface area contributed by atoms with Crippen LogP contribution in [0.1, 0.15) is 43.7 Å². The second-order valence-electron chi connectivity index (χ2n) is 6.16. The minimum atomic E-state index is -1.28. The molecule has 1 aliphatic rings. The molecule has 1 heterocycles. The number of thioether (sulfide) groups is 1. The molecule has 0 unspecified atom stereocenters. The first-order chi connectivity index (χ1) is 12.2. The van der Waals surface area contributed by atoms with Crippen molar-refractivity contribution in [3.8, 4) is 0 Å². The Labute approximate surface area is 160 Å². The molecule has 1 fully saturated rings. The number of carbonyl (C=O) groups is 3. The topological polar surface area (TPSA) is 94.9 Å². The molecule has 1 atom stereocenters. The maximum atomic E-state index is 12.6. The van der Waals surface area contributed by atoms with Gasteiger partial charge >= 0.3 is 11.9 Å². The Morgan fingerprint density at radius 2 is 1.85 bits per heavy atom. The molecule has 0 aliphatic carbocycles. The molecule has 1 saturated heterocycles. The van der Waals surface area contributed by atoms with Crippen LogP contribution in [0.4, 0.5) is 0 Å². The van der Waals surface area contributed by atoms with Crippen molar-refractivity contribution in [2.75, 3.05) is 0 Å². The van der Waals surface area contributed by atoms with Crippen molar-refractivity contribution in [3.05, 3.63) is 40.3 Å². The maximum Gasteiger partial charge on any atom is 0.326 e. The number of nitrogens with zero attached hydrogens (tertiary/aromatic N) is 1. The summed E-state index contributed by atoms with van der Waals surface area (Å²) in [6, 6.07) is 6.45. The predicted octanol–water partition coefficient (Wildman–Crippen LogP) is 3.33. The molecule has 0 bridgehead atoms. The third kappa shape index (κ3) is 4.70. The second kappa shape index (κ2) is 8.46. The highest BCUT2D eigenvalue weighted by atomic mass is 32.2. The molecular weight excluding hydrogens is 374 g/mol. The van der Waals surface area contributed by atoms with E-state index in [-0.39, 0.29) is 17.2 Å². The average Bonchev–Trinajstić information content (AvgIpc) is 2.82. The molecular formula is C18H19NO5S2. The number of carboxylic acids is 2. The summed E-state index contributed by atoms with van der Waals surface area (Å²) >= 11 is 6.18. The summed E-state index contributed by atoms with van der Waals surface area (Å²) < 4.78 is 0.123. The number of hydrogen-bond acceptors (Lipinski definition) is 5. The van der Waals surface area contributed by atoms with E-state index in [4.69, 9.17) is 17.3 Å². The number of rotatable bonds is 7. The standard InChI is InChI=1S/C18H19NO5S2/c1-10(2)12-5-3-11(4-6-12)9-14-16(22)19(18(25)26-14)13(17(23)24)7-8-15(20)21/h3-6,9-10,13H,7-8H2,1-2H3,(H,20,21)(H,23,24)/b14-9-/t13-/m1/s1. The Hall–Kier alpha value is -2.19. The smallest absolute Gasteiger partial charge is 0.326 e. The normalized spacial score (nSPS) is 17.2. The first kappa shape index (κ1) is 20.1. The van der Waals surface area contributed by atoms with Gasteiger partial charge in [0.15, 0.2) is 0 Å². The lowest BCUT2D eigenvalue weighted by Crippen LogP contribution is -2.44. The summed E-state index contributed by atoms with van der Waals surface area (Å²) in [5.41, 5.74) is 1.99. The van der Waals surface area contributed by atoms with Crippen molar-refractivity contribution < 1.29 is 24.6 Å². The zero-order chi connectivity index (χ0) is 19.4. The van der Waals surface area contributed by atoms with Crippen molar-refractivity contribution in [2.45, 2.75) is 38.6 Å². The van der Waals surface area contributed by atoms with Gasteiger partial charge in [0.05, 0.1) is 4.91 Å². The Morgan fingerprint density at radius 3 is 2.35 bits per heavy atom. The van der Waals surface area contributed by atoms with Gasteiger partial charge in [0, 0.05) is 6.42 Å². The fraction of sp³-hybridized carbons (Fsp3) is 0.333. The molecule has 26 heavy (non-hydrogen) atoms. The molecule has 2 N–H and O–H groups in total. The van der Waals surface area contributed by atoms with E-state index in [1.165, 1.54) is 5.56 Å². The zero-order valence-corrected chi connectivity index (χ0v) is 16.0. The summed E-state index contributed by atoms with van der Waals surface area (Å²) in [5, 5.41) is 18.1. The number of benzene rings is 1. The van der Waals surface area contributed by atoms with Crippen LogP contribution in [0.5, 0.6) is 0 Å². The fourth-order valence-electron chi connectivity index (χ4n) is 2.50. The van der Waals surface area contributed by atoms with E-state index in [2.05, 4.69) is 13.8 Å². The number of hydrogen-bond donors (Lipinski definition) is 2. The maximum absolute atomic E-state index is 12.6. The summed E-state index contributed by atoms with van der Waals surface area (Å²) in [7, 11) is 0. The van der Waals surface area contributed by atoms with Crippen molar-refractivity contribution in [3.63, 3.8) is 0 Å². The Balaban J connectivity index is 2.23. The average molecular weight is 393 g/mol. The highest BCUT2D eigenvalue weighted by Crippen LogP contribution is 2.35. The van der Waals surface area contributed by atoms with Crippen molar-refractivity contribution in [1.82, 2.24) is 4.90 Å². The number of carboxylic acid groups (broad SMARTS) is 2. The summed E-state index contributed by atoms with van der Waals surface area (Å²) in [6.07, 6.45) is 1.11. The molecule has 1 aromatic carbocycles. The molecule has 1 aromatic rings. The minimum absolute atomic E-state index is 0.123. The van der Waals surface area contributed by atoms with Crippen LogP contribution in [-0.4, -0.2) is 43.3 Å². The first-order valence-electron chi connectivity index (χ1n) is 8.02. The molecule has 1 amide bonds. The van der Waals surface area contributed by atoms with Crippen molar-refractivity contribution in [1.29, 1.82) is 0 Å². The molecule has 0 saturated carbocycles. The second-order valence-corrected chi connectivity index (χ2v) is 7.84. The highest BCUT2D eigenvalue weighted by molar-refractivity contribution is 8.26. The van der Waals surface area contributed by atoms with Crippen molar-refractivity contribution in [2.24, 2.45) is 0 Å². The lowest BCUT2D eigenvalue weighted by atomic mass is 10.0. The van der Waals surface area contributed by atoms with Crippen LogP contribution in [0.3, 0.4) is 0 Å². The van der Waals surface area contributed by atoms with Gasteiger partial charge in [-0.1, -0.05) is 62.1 Å². The van der Waals surface area contributed by atoms with Gasteiger partial charge in [-0.3, -0.25) is 14.5 Å². The lowest BCUT2D eigenvalue weighted by molar-refractivity contribution is -0.146. The Morgan fingerprint density at radius 1 is 1.23 bits per heavy atom. The largest absolute Gasteiger partial charge is 0.481 e. The number of thiocarbonyl (C=S) groups is 1. The van der Waals surface area contributed by atoms with E-state index >= 15 is 0 Å². The van der Waals surface area contributed by atoms with E-state index in [1.54, 1.807) is 6.08 Å². The van der Waals surface area contributed by atoms with E-state index in [9.17, 15) is 19.5 Å². The molecule has 6 nitrogen and oxygen atoms in total. The molecule has 0 radical (unpaired) electrons. The van der Waals surface area contributed by atoms with Crippen LogP contribution < -0.4 is 0 Å². The van der Waals surface area contributed by atoms with Gasteiger partial charge in [0.25, 0.3) is 5.91 Å². The van der Waals surface area contributed by atoms with Gasteiger partial charge in [-0.2, -0.15) is 0 Å². The summed E-state index contributed by atoms with van der Waals surface area (Å²) in [5.74, 6) is -2.51. The van der Waals surface area contributed by atoms with Crippen LogP contribution in [0.15, 0.2) is 29.2 Å². The van der Waals surface area contributed by atoms with E-state index < -0.39 is 23.9 Å². The van der Waals surface area contributed by atoms with Crippen molar-refractivity contribution >= 4 is 52.2 Å². The van der Waals surface area contributed by atoms with Crippen LogP contribution >= 0.6 is 24.0 Å². The van der Waals surface area contributed by atoms with Crippen LogP contribution in [0.25, 0.3) is 6.08 Å². The SMILES string of the molecule is CC(C)c1ccc(/C=C2\SC(=S)N([C@H](CCC(=O)O)C(=O)O)C2=O)cc1. The monoisotopic (exact) mass is 393 g/mol. The van der Waals surface area contributed by atoms with Gasteiger partial charge in [-0.15, -0.1) is 0 Å². The van der Waals surface area contributed by atoms with E-state index in [1.807, 2.05) is 24.3 Å². The highest BCUT2D eigenvalue weighted by Gasteiger charge is 2.40. The van der Waals surface area contributed by atoms with Gasteiger partial charge in [-0.05, 0) is 29.5 Å². The van der Waals surface area contributed by atoms with Crippen LogP contribution in [-0.2, 0) is 14.4 Å². The Kier molecular flexibility index (Phi) is 6.55. The first-order valence-corrected chi connectivity index (χ1v) is 9.24. The minimum Gasteiger partial charge on any atom is -0.481 e. The predicted molar refractivity (Wildman–Crippen MR) is 104 cm³/mol. The van der Waals surface area contributed by atoms with Gasteiger partial charge in [0.1, 0.15) is 10.4 Å². The molecule has 0 aromatic heterocycles. The number of aliphatic carboxylic acids is 2. The van der Waals surface area contributed by atoms with Crippen LogP contribution in [0.2, 0.25) is 0 Å². The van der Waals surface area contributed by atoms with E-state index in [0.717, 1.165) is 22.2 Å². The quantitative estimate of drug-likeness (QED) is 0.542. The lowest BCUT2D eigenvalue weighted by Gasteiger charge is -2.22. The Bertz CT molecular complexity index is 770. The number of carbonyl (C=O) groups excluding carboxylic acids is 1. The third-order valence-corrected chi connectivity index (χ3v) is 5.28. The zero-order valence-electron chi connectivity index (χ0n) is 14.3.